The number of nitrogens with one attached hydrogen (secondary N) is 1. The molecule has 0 unspecified atom stereocenters. The van der Waals surface area contributed by atoms with Gasteiger partial charge in [0, 0.05) is 9.51 Å². The number of allylic oxidation sites excluding steroid dienone is 1. The van der Waals surface area contributed by atoms with Crippen LogP contribution in [-0.2, 0) is 0 Å². The summed E-state index contributed by atoms with van der Waals surface area (Å²) in [5.74, 6) is -0.405. The van der Waals surface area contributed by atoms with E-state index in [1.54, 1.807) is 12.1 Å². The molecule has 0 bridgehead atoms. The molecule has 2 rings (SSSR count). The molecule has 0 aliphatic heterocycles. The second-order valence-electron chi connectivity index (χ2n) is 4.26. The van der Waals surface area contributed by atoms with Crippen LogP contribution in [0.2, 0.25) is 10.0 Å². The summed E-state index contributed by atoms with van der Waals surface area (Å²) in [7, 11) is 0. The molecule has 0 heterocycles. The topological polar surface area (TPSA) is 41.5 Å². The van der Waals surface area contributed by atoms with Crippen LogP contribution in [0.25, 0.3) is 6.08 Å². The van der Waals surface area contributed by atoms with Crippen LogP contribution in [-0.4, -0.2) is 12.1 Å². The highest BCUT2D eigenvalue weighted by molar-refractivity contribution is 9.12. The van der Waals surface area contributed by atoms with E-state index in [0.29, 0.717) is 10.6 Å². The van der Waals surface area contributed by atoms with Gasteiger partial charge >= 0.3 is 0 Å². The predicted octanol–water partition coefficient (Wildman–Crippen LogP) is 5.15. The monoisotopic (exact) mass is 396 g/mol. The van der Waals surface area contributed by atoms with Crippen molar-refractivity contribution in [1.82, 2.24) is 5.43 Å². The van der Waals surface area contributed by atoms with Gasteiger partial charge in [-0.3, -0.25) is 4.79 Å². The van der Waals surface area contributed by atoms with E-state index in [1.807, 2.05) is 36.4 Å². The van der Waals surface area contributed by atoms with Gasteiger partial charge < -0.3 is 0 Å². The number of amides is 1. The van der Waals surface area contributed by atoms with Crippen LogP contribution in [0.3, 0.4) is 0 Å². The zero-order valence-electron chi connectivity index (χ0n) is 11.3. The van der Waals surface area contributed by atoms with E-state index < -0.39 is 5.91 Å². The highest BCUT2D eigenvalue weighted by Gasteiger charge is 2.09. The van der Waals surface area contributed by atoms with Gasteiger partial charge in [0.15, 0.2) is 0 Å². The second kappa shape index (κ2) is 8.13. The summed E-state index contributed by atoms with van der Waals surface area (Å²) in [4.78, 5) is 11.9. The molecule has 2 aromatic carbocycles. The number of hydrogen-bond acceptors (Lipinski definition) is 2. The lowest BCUT2D eigenvalue weighted by molar-refractivity contribution is 0.0955. The average Bonchev–Trinajstić information content (AvgIpc) is 2.48. The fourth-order valence-corrected chi connectivity index (χ4v) is 2.49. The molecule has 22 heavy (non-hydrogen) atoms. The van der Waals surface area contributed by atoms with E-state index in [2.05, 4.69) is 26.5 Å². The number of carbonyl (C=O) groups excluding carboxylic acids is 1. The van der Waals surface area contributed by atoms with E-state index in [1.165, 1.54) is 12.3 Å². The number of hydrazone groups is 1. The largest absolute Gasteiger partial charge is 0.272 e. The fourth-order valence-electron chi connectivity index (χ4n) is 1.63. The Hall–Kier alpha value is -1.62. The third kappa shape index (κ3) is 4.98. The van der Waals surface area contributed by atoms with Gasteiger partial charge in [-0.2, -0.15) is 5.10 Å². The molecule has 3 nitrogen and oxygen atoms in total. The SMILES string of the molecule is O=C(NN=CC(Br)=Cc1ccccc1)c1ccc(Cl)cc1Cl. The molecule has 112 valence electrons. The molecule has 0 aromatic heterocycles. The van der Waals surface area contributed by atoms with Gasteiger partial charge in [-0.25, -0.2) is 5.43 Å². The molecule has 0 atom stereocenters. The van der Waals surface area contributed by atoms with Gasteiger partial charge in [0.05, 0.1) is 16.8 Å². The first-order valence-corrected chi connectivity index (χ1v) is 7.82. The van der Waals surface area contributed by atoms with Crippen molar-refractivity contribution in [3.63, 3.8) is 0 Å². The molecule has 0 radical (unpaired) electrons. The molecule has 0 fully saturated rings. The first-order chi connectivity index (χ1) is 10.6. The van der Waals surface area contributed by atoms with Crippen molar-refractivity contribution in [3.05, 3.63) is 74.2 Å². The number of nitrogens with zero attached hydrogens (tertiary/aromatic N) is 1. The predicted molar refractivity (Wildman–Crippen MR) is 95.8 cm³/mol. The van der Waals surface area contributed by atoms with Gasteiger partial charge in [0.2, 0.25) is 0 Å². The minimum absolute atomic E-state index is 0.277. The Balaban J connectivity index is 2.00. The Morgan fingerprint density at radius 3 is 2.55 bits per heavy atom. The fraction of sp³-hybridized carbons (Fsp3) is 0. The Morgan fingerprint density at radius 1 is 1.14 bits per heavy atom. The van der Waals surface area contributed by atoms with Crippen LogP contribution in [0.1, 0.15) is 15.9 Å². The summed E-state index contributed by atoms with van der Waals surface area (Å²) < 4.78 is 0.723. The maximum absolute atomic E-state index is 11.9. The van der Waals surface area contributed by atoms with Gasteiger partial charge in [-0.1, -0.05) is 53.5 Å². The number of hydrogen-bond donors (Lipinski definition) is 1. The lowest BCUT2D eigenvalue weighted by Crippen LogP contribution is -2.17. The van der Waals surface area contributed by atoms with Gasteiger partial charge in [0.1, 0.15) is 0 Å². The minimum Gasteiger partial charge on any atom is -0.267 e. The van der Waals surface area contributed by atoms with Crippen molar-refractivity contribution < 1.29 is 4.79 Å². The van der Waals surface area contributed by atoms with E-state index in [4.69, 9.17) is 23.2 Å². The molecule has 0 saturated carbocycles. The van der Waals surface area contributed by atoms with Crippen molar-refractivity contribution in [2.45, 2.75) is 0 Å². The zero-order valence-corrected chi connectivity index (χ0v) is 14.4. The molecular weight excluding hydrogens is 387 g/mol. The Labute approximate surface area is 146 Å². The van der Waals surface area contributed by atoms with Crippen LogP contribution in [0.5, 0.6) is 0 Å². The van der Waals surface area contributed by atoms with E-state index in [0.717, 1.165) is 10.0 Å². The van der Waals surface area contributed by atoms with Gasteiger partial charge in [-0.05, 0) is 45.8 Å². The Kier molecular flexibility index (Phi) is 6.19. The number of carbonyl (C=O) groups is 1. The first kappa shape index (κ1) is 16.7. The minimum atomic E-state index is -0.405. The average molecular weight is 398 g/mol. The molecule has 0 aliphatic carbocycles. The molecule has 0 spiro atoms. The van der Waals surface area contributed by atoms with Crippen LogP contribution < -0.4 is 5.43 Å². The third-order valence-electron chi connectivity index (χ3n) is 2.63. The van der Waals surface area contributed by atoms with Crippen molar-refractivity contribution in [2.75, 3.05) is 0 Å². The van der Waals surface area contributed by atoms with E-state index in [9.17, 15) is 4.79 Å². The van der Waals surface area contributed by atoms with E-state index >= 15 is 0 Å². The summed E-state index contributed by atoms with van der Waals surface area (Å²) in [6, 6.07) is 14.4. The van der Waals surface area contributed by atoms with Crippen LogP contribution >= 0.6 is 39.1 Å². The summed E-state index contributed by atoms with van der Waals surface area (Å²) in [5, 5.41) is 4.62. The highest BCUT2D eigenvalue weighted by Crippen LogP contribution is 2.20. The summed E-state index contributed by atoms with van der Waals surface area (Å²) >= 11 is 15.1. The molecule has 0 saturated heterocycles. The molecular formula is C16H11BrCl2N2O. The highest BCUT2D eigenvalue weighted by atomic mass is 79.9. The molecule has 1 N–H and O–H groups in total. The Morgan fingerprint density at radius 2 is 1.86 bits per heavy atom. The molecule has 0 aliphatic rings. The summed E-state index contributed by atoms with van der Waals surface area (Å²) in [6.45, 7) is 0. The second-order valence-corrected chi connectivity index (χ2v) is 6.02. The molecule has 2 aromatic rings. The molecule has 6 heteroatoms. The normalized spacial score (nSPS) is 11.7. The van der Waals surface area contributed by atoms with Crippen LogP contribution in [0.15, 0.2) is 58.1 Å². The molecule has 1 amide bonds. The van der Waals surface area contributed by atoms with Crippen molar-refractivity contribution in [2.24, 2.45) is 5.10 Å². The lowest BCUT2D eigenvalue weighted by Gasteiger charge is -2.02. The quantitative estimate of drug-likeness (QED) is 0.562. The van der Waals surface area contributed by atoms with E-state index in [-0.39, 0.29) is 5.02 Å². The number of benzene rings is 2. The van der Waals surface area contributed by atoms with Crippen molar-refractivity contribution >= 4 is 57.3 Å². The first-order valence-electron chi connectivity index (χ1n) is 6.27. The standard InChI is InChI=1S/C16H11BrCl2N2O/c17-12(8-11-4-2-1-3-5-11)10-20-21-16(22)14-7-6-13(18)9-15(14)19/h1-10H,(H,21,22). The van der Waals surface area contributed by atoms with Crippen LogP contribution in [0, 0.1) is 0 Å². The zero-order chi connectivity index (χ0) is 15.9. The van der Waals surface area contributed by atoms with Crippen molar-refractivity contribution in [1.29, 1.82) is 0 Å². The summed E-state index contributed by atoms with van der Waals surface area (Å²) in [6.07, 6.45) is 3.37. The van der Waals surface area contributed by atoms with Gasteiger partial charge in [0.25, 0.3) is 5.91 Å². The smallest absolute Gasteiger partial charge is 0.267 e. The van der Waals surface area contributed by atoms with Crippen LogP contribution in [0.4, 0.5) is 0 Å². The third-order valence-corrected chi connectivity index (χ3v) is 3.62. The number of halogens is 3. The lowest BCUT2D eigenvalue weighted by atomic mass is 10.2. The maximum atomic E-state index is 11.9. The van der Waals surface area contributed by atoms with Gasteiger partial charge in [-0.15, -0.1) is 0 Å². The van der Waals surface area contributed by atoms with Crippen molar-refractivity contribution in [3.8, 4) is 0 Å². The summed E-state index contributed by atoms with van der Waals surface area (Å²) in [5.41, 5.74) is 3.74. The number of rotatable bonds is 4. The Bertz CT molecular complexity index is 730. The maximum Gasteiger partial charge on any atom is 0.272 e.